The van der Waals surface area contributed by atoms with Crippen molar-refractivity contribution >= 4 is 11.9 Å². The molecule has 2 aromatic rings. The standard InChI is InChI=1S/C13H11N3O5/c17-12-2-1-5-14-11(12)7-15-21-8-9-3-4-10(16(19)20)6-13(9)18/h1-7,17-18H,8H2. The molecule has 0 saturated heterocycles. The molecular formula is C13H11N3O5. The molecule has 108 valence electrons. The van der Waals surface area contributed by atoms with Gasteiger partial charge in [-0.15, -0.1) is 0 Å². The Hall–Kier alpha value is -3.16. The number of hydrogen-bond acceptors (Lipinski definition) is 7. The summed E-state index contributed by atoms with van der Waals surface area (Å²) < 4.78 is 0. The summed E-state index contributed by atoms with van der Waals surface area (Å²) in [7, 11) is 0. The van der Waals surface area contributed by atoms with Gasteiger partial charge < -0.3 is 15.1 Å². The molecule has 0 fully saturated rings. The van der Waals surface area contributed by atoms with Crippen LogP contribution >= 0.6 is 0 Å². The van der Waals surface area contributed by atoms with Crippen LogP contribution in [-0.4, -0.2) is 26.3 Å². The normalized spacial score (nSPS) is 10.7. The van der Waals surface area contributed by atoms with E-state index in [1.165, 1.54) is 30.6 Å². The van der Waals surface area contributed by atoms with Crippen molar-refractivity contribution in [1.82, 2.24) is 4.98 Å². The summed E-state index contributed by atoms with van der Waals surface area (Å²) in [5, 5.41) is 33.2. The topological polar surface area (TPSA) is 118 Å². The molecule has 2 rings (SSSR count). The predicted octanol–water partition coefficient (Wildman–Crippen LogP) is 1.95. The maximum absolute atomic E-state index is 10.5. The van der Waals surface area contributed by atoms with Crippen LogP contribution in [0.3, 0.4) is 0 Å². The molecule has 0 aliphatic carbocycles. The van der Waals surface area contributed by atoms with Crippen molar-refractivity contribution in [2.75, 3.05) is 0 Å². The molecule has 21 heavy (non-hydrogen) atoms. The number of phenols is 1. The zero-order chi connectivity index (χ0) is 15.2. The van der Waals surface area contributed by atoms with Gasteiger partial charge in [-0.3, -0.25) is 15.1 Å². The average Bonchev–Trinajstić information content (AvgIpc) is 2.46. The van der Waals surface area contributed by atoms with Crippen molar-refractivity contribution < 1.29 is 20.0 Å². The van der Waals surface area contributed by atoms with Crippen molar-refractivity contribution in [3.8, 4) is 11.5 Å². The fourth-order valence-electron chi connectivity index (χ4n) is 1.49. The van der Waals surface area contributed by atoms with Crippen LogP contribution in [0.15, 0.2) is 41.7 Å². The monoisotopic (exact) mass is 289 g/mol. The minimum Gasteiger partial charge on any atom is -0.507 e. The summed E-state index contributed by atoms with van der Waals surface area (Å²) >= 11 is 0. The molecule has 0 unspecified atom stereocenters. The zero-order valence-corrected chi connectivity index (χ0v) is 10.7. The molecule has 1 aromatic heterocycles. The number of benzene rings is 1. The summed E-state index contributed by atoms with van der Waals surface area (Å²) in [6.07, 6.45) is 2.71. The van der Waals surface area contributed by atoms with E-state index in [2.05, 4.69) is 10.1 Å². The second kappa shape index (κ2) is 6.33. The molecule has 8 heteroatoms. The number of oxime groups is 1. The Morgan fingerprint density at radius 3 is 2.81 bits per heavy atom. The van der Waals surface area contributed by atoms with E-state index in [4.69, 9.17) is 4.84 Å². The summed E-state index contributed by atoms with van der Waals surface area (Å²) in [5.41, 5.74) is 0.381. The molecule has 0 aliphatic rings. The third-order valence-corrected chi connectivity index (χ3v) is 2.57. The lowest BCUT2D eigenvalue weighted by molar-refractivity contribution is -0.385. The van der Waals surface area contributed by atoms with Gasteiger partial charge in [0.25, 0.3) is 5.69 Å². The van der Waals surface area contributed by atoms with Crippen molar-refractivity contribution in [2.24, 2.45) is 5.16 Å². The molecule has 1 aromatic carbocycles. The Balaban J connectivity index is 1.98. The number of nitro groups is 1. The summed E-state index contributed by atoms with van der Waals surface area (Å²) in [6.45, 7) is -0.0755. The number of pyridine rings is 1. The smallest absolute Gasteiger partial charge is 0.273 e. The van der Waals surface area contributed by atoms with Gasteiger partial charge in [0, 0.05) is 17.8 Å². The SMILES string of the molecule is O=[N+]([O-])c1ccc(CON=Cc2ncccc2O)c(O)c1. The first-order valence-electron chi connectivity index (χ1n) is 5.83. The molecule has 2 N–H and O–H groups in total. The van der Waals surface area contributed by atoms with Gasteiger partial charge in [0.2, 0.25) is 0 Å². The quantitative estimate of drug-likeness (QED) is 0.493. The first-order chi connectivity index (χ1) is 10.1. The van der Waals surface area contributed by atoms with E-state index < -0.39 is 4.92 Å². The Morgan fingerprint density at radius 1 is 1.33 bits per heavy atom. The van der Waals surface area contributed by atoms with Crippen LogP contribution in [-0.2, 0) is 11.4 Å². The molecule has 0 aliphatic heterocycles. The van der Waals surface area contributed by atoms with Gasteiger partial charge in [-0.25, -0.2) is 0 Å². The number of nitrogens with zero attached hydrogens (tertiary/aromatic N) is 3. The number of non-ortho nitro benzene ring substituents is 1. The van der Waals surface area contributed by atoms with Crippen LogP contribution in [0.4, 0.5) is 5.69 Å². The van der Waals surface area contributed by atoms with E-state index in [9.17, 15) is 20.3 Å². The molecule has 1 heterocycles. The highest BCUT2D eigenvalue weighted by molar-refractivity contribution is 5.79. The Morgan fingerprint density at radius 2 is 2.14 bits per heavy atom. The second-order valence-electron chi connectivity index (χ2n) is 3.99. The molecule has 0 bridgehead atoms. The van der Waals surface area contributed by atoms with Gasteiger partial charge in [0.1, 0.15) is 23.8 Å². The number of hydrogen-bond donors (Lipinski definition) is 2. The number of aromatic hydroxyl groups is 2. The lowest BCUT2D eigenvalue weighted by Crippen LogP contribution is -1.93. The van der Waals surface area contributed by atoms with Crippen LogP contribution in [0.2, 0.25) is 0 Å². The minimum absolute atomic E-state index is 0.0389. The van der Waals surface area contributed by atoms with Gasteiger partial charge in [0.05, 0.1) is 17.2 Å². The molecule has 0 amide bonds. The molecule has 0 spiro atoms. The van der Waals surface area contributed by atoms with E-state index in [-0.39, 0.29) is 29.5 Å². The Labute approximate surface area is 119 Å². The lowest BCUT2D eigenvalue weighted by atomic mass is 10.2. The molecule has 0 saturated carbocycles. The molecule has 0 radical (unpaired) electrons. The Bertz CT molecular complexity index is 687. The van der Waals surface area contributed by atoms with Crippen molar-refractivity contribution in [1.29, 1.82) is 0 Å². The molecule has 8 nitrogen and oxygen atoms in total. The summed E-state index contributed by atoms with van der Waals surface area (Å²) in [4.78, 5) is 18.7. The van der Waals surface area contributed by atoms with E-state index in [0.29, 0.717) is 5.56 Å². The third kappa shape index (κ3) is 3.66. The maximum atomic E-state index is 10.5. The zero-order valence-electron chi connectivity index (χ0n) is 10.7. The summed E-state index contributed by atoms with van der Waals surface area (Å²) in [5.74, 6) is -0.289. The van der Waals surface area contributed by atoms with Crippen molar-refractivity contribution in [2.45, 2.75) is 6.61 Å². The first-order valence-corrected chi connectivity index (χ1v) is 5.83. The highest BCUT2D eigenvalue weighted by Gasteiger charge is 2.10. The van der Waals surface area contributed by atoms with Crippen LogP contribution in [0.5, 0.6) is 11.5 Å². The predicted molar refractivity (Wildman–Crippen MR) is 73.0 cm³/mol. The average molecular weight is 289 g/mol. The van der Waals surface area contributed by atoms with E-state index in [1.54, 1.807) is 6.07 Å². The largest absolute Gasteiger partial charge is 0.507 e. The fourth-order valence-corrected chi connectivity index (χ4v) is 1.49. The number of phenolic OH excluding ortho intramolecular Hbond substituents is 1. The van der Waals surface area contributed by atoms with E-state index in [0.717, 1.165) is 6.07 Å². The maximum Gasteiger partial charge on any atom is 0.273 e. The van der Waals surface area contributed by atoms with Crippen molar-refractivity contribution in [3.63, 3.8) is 0 Å². The van der Waals surface area contributed by atoms with Crippen LogP contribution in [0, 0.1) is 10.1 Å². The number of aromatic nitrogens is 1. The third-order valence-electron chi connectivity index (χ3n) is 2.57. The van der Waals surface area contributed by atoms with Gasteiger partial charge in [-0.05, 0) is 18.2 Å². The van der Waals surface area contributed by atoms with Crippen LogP contribution in [0.25, 0.3) is 0 Å². The minimum atomic E-state index is -0.605. The van der Waals surface area contributed by atoms with Gasteiger partial charge in [-0.1, -0.05) is 5.16 Å². The Kier molecular flexibility index (Phi) is 4.30. The lowest BCUT2D eigenvalue weighted by Gasteiger charge is -2.03. The van der Waals surface area contributed by atoms with Crippen LogP contribution < -0.4 is 0 Å². The second-order valence-corrected chi connectivity index (χ2v) is 3.99. The highest BCUT2D eigenvalue weighted by atomic mass is 16.6. The molecule has 0 atom stereocenters. The number of rotatable bonds is 5. The van der Waals surface area contributed by atoms with Gasteiger partial charge in [-0.2, -0.15) is 0 Å². The van der Waals surface area contributed by atoms with Crippen LogP contribution in [0.1, 0.15) is 11.3 Å². The summed E-state index contributed by atoms with van der Waals surface area (Å²) in [6, 6.07) is 6.69. The molecular weight excluding hydrogens is 278 g/mol. The van der Waals surface area contributed by atoms with E-state index >= 15 is 0 Å². The van der Waals surface area contributed by atoms with Crippen molar-refractivity contribution in [3.05, 3.63) is 57.9 Å². The fraction of sp³-hybridized carbons (Fsp3) is 0.0769. The van der Waals surface area contributed by atoms with E-state index in [1.807, 2.05) is 0 Å². The highest BCUT2D eigenvalue weighted by Crippen LogP contribution is 2.24. The van der Waals surface area contributed by atoms with Gasteiger partial charge in [0.15, 0.2) is 0 Å². The number of nitro benzene ring substituents is 1. The first kappa shape index (κ1) is 14.3. The van der Waals surface area contributed by atoms with Gasteiger partial charge >= 0.3 is 0 Å².